The number of aliphatic hydroxyl groups is 2. The number of nitrogens with one attached hydrogen (secondary N) is 1. The number of rotatable bonds is 5. The van der Waals surface area contributed by atoms with Crippen LogP contribution in [0.2, 0.25) is 0 Å². The summed E-state index contributed by atoms with van der Waals surface area (Å²) in [6.07, 6.45) is 0. The van der Waals surface area contributed by atoms with Gasteiger partial charge in [-0.15, -0.1) is 0 Å². The largest absolute Gasteiger partial charge is 0.393 e. The Bertz CT molecular complexity index is 348. The third kappa shape index (κ3) is 3.59. The van der Waals surface area contributed by atoms with Crippen LogP contribution in [0.3, 0.4) is 0 Å². The molecule has 1 atom stereocenters. The van der Waals surface area contributed by atoms with E-state index in [9.17, 15) is 5.11 Å². The fourth-order valence-electron chi connectivity index (χ4n) is 1.53. The minimum Gasteiger partial charge on any atom is -0.393 e. The summed E-state index contributed by atoms with van der Waals surface area (Å²) >= 11 is 0. The summed E-state index contributed by atoms with van der Waals surface area (Å²) in [4.78, 5) is 0. The summed E-state index contributed by atoms with van der Waals surface area (Å²) in [5.74, 6) is 0. The average Bonchev–Trinajstić information content (AvgIpc) is 2.24. The molecule has 0 saturated carbocycles. The van der Waals surface area contributed by atoms with Crippen LogP contribution < -0.4 is 5.32 Å². The molecule has 0 aliphatic heterocycles. The monoisotopic (exact) mass is 223 g/mol. The second kappa shape index (κ2) is 5.43. The molecule has 3 N–H and O–H groups in total. The minimum atomic E-state index is -1.04. The number of benzene rings is 1. The fraction of sp³-hybridized carbons (Fsp3) is 0.538. The smallest absolute Gasteiger partial charge is 0.0972 e. The molecule has 0 bridgehead atoms. The zero-order valence-electron chi connectivity index (χ0n) is 10.2. The highest BCUT2D eigenvalue weighted by Gasteiger charge is 2.17. The molecule has 0 amide bonds. The Hall–Kier alpha value is -0.900. The van der Waals surface area contributed by atoms with Gasteiger partial charge in [0.2, 0.25) is 0 Å². The molecule has 3 heteroatoms. The predicted molar refractivity (Wildman–Crippen MR) is 65.3 cm³/mol. The van der Waals surface area contributed by atoms with Gasteiger partial charge in [-0.25, -0.2) is 0 Å². The van der Waals surface area contributed by atoms with Crippen molar-refractivity contribution >= 4 is 0 Å². The molecule has 0 aromatic heterocycles. The Morgan fingerprint density at radius 2 is 2.00 bits per heavy atom. The highest BCUT2D eigenvalue weighted by molar-refractivity contribution is 5.32. The molecule has 0 fully saturated rings. The normalized spacial score (nSPS) is 14.8. The lowest BCUT2D eigenvalue weighted by molar-refractivity contribution is 0.00253. The molecule has 0 aliphatic carbocycles. The van der Waals surface area contributed by atoms with Gasteiger partial charge < -0.3 is 15.5 Å². The lowest BCUT2D eigenvalue weighted by Gasteiger charge is -2.21. The van der Waals surface area contributed by atoms with E-state index in [2.05, 4.69) is 31.3 Å². The Morgan fingerprint density at radius 1 is 1.31 bits per heavy atom. The number of aryl methyl sites for hydroxylation is 1. The highest BCUT2D eigenvalue weighted by Crippen LogP contribution is 2.12. The highest BCUT2D eigenvalue weighted by atomic mass is 16.3. The van der Waals surface area contributed by atoms with Crippen LogP contribution in [-0.2, 0) is 6.54 Å². The van der Waals surface area contributed by atoms with Gasteiger partial charge in [-0.3, -0.25) is 0 Å². The zero-order valence-corrected chi connectivity index (χ0v) is 10.2. The van der Waals surface area contributed by atoms with E-state index in [1.54, 1.807) is 6.92 Å². The van der Waals surface area contributed by atoms with Gasteiger partial charge in [0, 0.05) is 13.1 Å². The van der Waals surface area contributed by atoms with Gasteiger partial charge in [-0.05, 0) is 37.5 Å². The predicted octanol–water partition coefficient (Wildman–Crippen LogP) is 1.14. The molecular weight excluding hydrogens is 202 g/mol. The van der Waals surface area contributed by atoms with Gasteiger partial charge in [-0.1, -0.05) is 18.2 Å². The van der Waals surface area contributed by atoms with Crippen molar-refractivity contribution in [1.29, 1.82) is 0 Å². The molecule has 1 unspecified atom stereocenters. The standard InChI is InChI=1S/C13H21NO2/c1-10-5-4-6-12(11(10)2)7-14-8-13(3,16)9-15/h4-6,14-16H,7-9H2,1-3H3. The maximum absolute atomic E-state index is 9.61. The van der Waals surface area contributed by atoms with Crippen LogP contribution in [0.25, 0.3) is 0 Å². The average molecular weight is 223 g/mol. The molecule has 1 aromatic rings. The van der Waals surface area contributed by atoms with Crippen molar-refractivity contribution in [3.8, 4) is 0 Å². The molecule has 0 spiro atoms. The van der Waals surface area contributed by atoms with Crippen molar-refractivity contribution in [2.24, 2.45) is 0 Å². The van der Waals surface area contributed by atoms with E-state index in [0.717, 1.165) is 0 Å². The van der Waals surface area contributed by atoms with Crippen LogP contribution >= 0.6 is 0 Å². The Morgan fingerprint density at radius 3 is 2.62 bits per heavy atom. The number of hydrogen-bond donors (Lipinski definition) is 3. The first-order valence-corrected chi connectivity index (χ1v) is 5.55. The summed E-state index contributed by atoms with van der Waals surface area (Å²) in [6.45, 7) is 6.66. The Kier molecular flexibility index (Phi) is 4.47. The second-order valence-corrected chi connectivity index (χ2v) is 4.62. The zero-order chi connectivity index (χ0) is 12.2. The Balaban J connectivity index is 2.53. The van der Waals surface area contributed by atoms with Gasteiger partial charge in [0.15, 0.2) is 0 Å². The van der Waals surface area contributed by atoms with E-state index in [0.29, 0.717) is 13.1 Å². The number of hydrogen-bond acceptors (Lipinski definition) is 3. The van der Waals surface area contributed by atoms with Crippen molar-refractivity contribution in [2.45, 2.75) is 32.9 Å². The summed E-state index contributed by atoms with van der Waals surface area (Å²) in [7, 11) is 0. The molecule has 0 aliphatic rings. The van der Waals surface area contributed by atoms with Crippen LogP contribution in [0, 0.1) is 13.8 Å². The van der Waals surface area contributed by atoms with E-state index in [4.69, 9.17) is 5.11 Å². The quantitative estimate of drug-likeness (QED) is 0.701. The SMILES string of the molecule is Cc1cccc(CNCC(C)(O)CO)c1C. The molecule has 1 aromatic carbocycles. The van der Waals surface area contributed by atoms with E-state index >= 15 is 0 Å². The molecule has 0 heterocycles. The van der Waals surface area contributed by atoms with Crippen molar-refractivity contribution in [2.75, 3.05) is 13.2 Å². The van der Waals surface area contributed by atoms with Gasteiger partial charge in [-0.2, -0.15) is 0 Å². The summed E-state index contributed by atoms with van der Waals surface area (Å²) in [5.41, 5.74) is 2.73. The first-order valence-electron chi connectivity index (χ1n) is 5.55. The van der Waals surface area contributed by atoms with Crippen LogP contribution in [0.15, 0.2) is 18.2 Å². The van der Waals surface area contributed by atoms with Crippen molar-refractivity contribution < 1.29 is 10.2 Å². The number of aliphatic hydroxyl groups excluding tert-OH is 1. The summed E-state index contributed by atoms with van der Waals surface area (Å²) in [6, 6.07) is 6.19. The van der Waals surface area contributed by atoms with Crippen LogP contribution in [0.4, 0.5) is 0 Å². The molecule has 3 nitrogen and oxygen atoms in total. The molecule has 0 saturated heterocycles. The van der Waals surface area contributed by atoms with E-state index in [-0.39, 0.29) is 6.61 Å². The minimum absolute atomic E-state index is 0.229. The van der Waals surface area contributed by atoms with Crippen molar-refractivity contribution in [3.63, 3.8) is 0 Å². The van der Waals surface area contributed by atoms with Crippen molar-refractivity contribution in [3.05, 3.63) is 34.9 Å². The van der Waals surface area contributed by atoms with Gasteiger partial charge in [0.05, 0.1) is 12.2 Å². The lowest BCUT2D eigenvalue weighted by Crippen LogP contribution is -2.40. The fourth-order valence-corrected chi connectivity index (χ4v) is 1.53. The van der Waals surface area contributed by atoms with Gasteiger partial charge in [0.25, 0.3) is 0 Å². The van der Waals surface area contributed by atoms with Crippen LogP contribution in [0.1, 0.15) is 23.6 Å². The lowest BCUT2D eigenvalue weighted by atomic mass is 10.0. The van der Waals surface area contributed by atoms with E-state index in [1.165, 1.54) is 16.7 Å². The molecule has 1 rings (SSSR count). The van der Waals surface area contributed by atoms with Gasteiger partial charge in [0.1, 0.15) is 0 Å². The van der Waals surface area contributed by atoms with Crippen LogP contribution in [-0.4, -0.2) is 29.0 Å². The molecule has 0 radical (unpaired) electrons. The molecular formula is C13H21NO2. The van der Waals surface area contributed by atoms with Crippen LogP contribution in [0.5, 0.6) is 0 Å². The molecule has 16 heavy (non-hydrogen) atoms. The van der Waals surface area contributed by atoms with Gasteiger partial charge >= 0.3 is 0 Å². The maximum Gasteiger partial charge on any atom is 0.0972 e. The maximum atomic E-state index is 9.61. The van der Waals surface area contributed by atoms with E-state index < -0.39 is 5.60 Å². The topological polar surface area (TPSA) is 52.5 Å². The van der Waals surface area contributed by atoms with Crippen molar-refractivity contribution in [1.82, 2.24) is 5.32 Å². The third-order valence-corrected chi connectivity index (χ3v) is 2.88. The first-order chi connectivity index (χ1) is 7.46. The third-order valence-electron chi connectivity index (χ3n) is 2.88. The first kappa shape index (κ1) is 13.2. The summed E-state index contributed by atoms with van der Waals surface area (Å²) in [5, 5.41) is 21.7. The molecule has 90 valence electrons. The van der Waals surface area contributed by atoms with E-state index in [1.807, 2.05) is 6.07 Å². The second-order valence-electron chi connectivity index (χ2n) is 4.62. The Labute approximate surface area is 97.1 Å². The summed E-state index contributed by atoms with van der Waals surface area (Å²) < 4.78 is 0.